The second-order valence-corrected chi connectivity index (χ2v) is 6.58. The Morgan fingerprint density at radius 2 is 2.00 bits per heavy atom. The molecule has 1 aromatic carbocycles. The van der Waals surface area contributed by atoms with Crippen molar-refractivity contribution in [2.24, 2.45) is 0 Å². The highest BCUT2D eigenvalue weighted by atomic mass is 16.1. The monoisotopic (exact) mass is 373 g/mol. The van der Waals surface area contributed by atoms with Crippen molar-refractivity contribution in [2.45, 2.75) is 33.7 Å². The van der Waals surface area contributed by atoms with Gasteiger partial charge in [-0.1, -0.05) is 25.1 Å². The molecule has 0 aliphatic rings. The molecule has 0 atom stereocenters. The molecule has 0 saturated carbocycles. The van der Waals surface area contributed by atoms with Crippen LogP contribution < -0.4 is 5.32 Å². The number of rotatable bonds is 6. The molecule has 0 aliphatic carbocycles. The number of hydrogen-bond donors (Lipinski definition) is 1. The van der Waals surface area contributed by atoms with E-state index in [1.807, 2.05) is 56.3 Å². The molecule has 0 fully saturated rings. The van der Waals surface area contributed by atoms with Crippen molar-refractivity contribution in [1.82, 2.24) is 14.3 Å². The molecule has 3 aromatic rings. The average molecular weight is 373 g/mol. The zero-order valence-electron chi connectivity index (χ0n) is 16.3. The summed E-state index contributed by atoms with van der Waals surface area (Å²) in [6.45, 7) is 7.07. The molecule has 0 aliphatic heterocycles. The van der Waals surface area contributed by atoms with Crippen LogP contribution in [0, 0.1) is 25.2 Å². The van der Waals surface area contributed by atoms with Crippen LogP contribution in [0.2, 0.25) is 0 Å². The van der Waals surface area contributed by atoms with Gasteiger partial charge in [-0.05, 0) is 50.1 Å². The fourth-order valence-electron chi connectivity index (χ4n) is 3.14. The van der Waals surface area contributed by atoms with Gasteiger partial charge in [0.25, 0.3) is 5.91 Å². The van der Waals surface area contributed by atoms with E-state index in [0.717, 1.165) is 35.6 Å². The molecule has 2 aromatic heterocycles. The van der Waals surface area contributed by atoms with Crippen LogP contribution in [-0.2, 0) is 11.3 Å². The van der Waals surface area contributed by atoms with Gasteiger partial charge in [-0.2, -0.15) is 10.4 Å². The number of nitrogens with one attached hydrogen (secondary N) is 1. The number of para-hydroxylation sites is 1. The number of nitrogens with zero attached hydrogens (tertiary/aromatic N) is 4. The lowest BCUT2D eigenvalue weighted by Crippen LogP contribution is -2.14. The van der Waals surface area contributed by atoms with Gasteiger partial charge in [0, 0.05) is 30.2 Å². The van der Waals surface area contributed by atoms with Gasteiger partial charge in [0.2, 0.25) is 0 Å². The molecule has 6 heteroatoms. The zero-order chi connectivity index (χ0) is 20.1. The first-order valence-electron chi connectivity index (χ1n) is 9.24. The Morgan fingerprint density at radius 1 is 1.25 bits per heavy atom. The topological polar surface area (TPSA) is 75.6 Å². The highest BCUT2D eigenvalue weighted by Crippen LogP contribution is 2.19. The Bertz CT molecular complexity index is 1050. The van der Waals surface area contributed by atoms with Crippen LogP contribution in [0.25, 0.3) is 11.8 Å². The summed E-state index contributed by atoms with van der Waals surface area (Å²) in [7, 11) is 0. The van der Waals surface area contributed by atoms with Crippen LogP contribution in [-0.4, -0.2) is 20.3 Å². The van der Waals surface area contributed by atoms with Crippen LogP contribution in [0.15, 0.2) is 54.2 Å². The summed E-state index contributed by atoms with van der Waals surface area (Å²) in [6, 6.07) is 15.3. The van der Waals surface area contributed by atoms with Crippen molar-refractivity contribution in [3.8, 4) is 11.8 Å². The van der Waals surface area contributed by atoms with E-state index >= 15 is 0 Å². The largest absolute Gasteiger partial charge is 0.349 e. The molecule has 28 heavy (non-hydrogen) atoms. The number of benzene rings is 1. The van der Waals surface area contributed by atoms with Crippen molar-refractivity contribution in [3.63, 3.8) is 0 Å². The maximum Gasteiger partial charge on any atom is 0.267 e. The lowest BCUT2D eigenvalue weighted by atomic mass is 10.1. The highest BCUT2D eigenvalue weighted by Gasteiger charge is 2.14. The molecule has 0 unspecified atom stereocenters. The number of nitriles is 1. The third-order valence-electron chi connectivity index (χ3n) is 4.58. The first-order valence-corrected chi connectivity index (χ1v) is 9.24. The number of carbonyl (C=O) groups is 1. The smallest absolute Gasteiger partial charge is 0.267 e. The Kier molecular flexibility index (Phi) is 5.75. The number of anilines is 1. The molecule has 6 nitrogen and oxygen atoms in total. The summed E-state index contributed by atoms with van der Waals surface area (Å²) in [5, 5.41) is 16.5. The molecule has 0 bridgehead atoms. The van der Waals surface area contributed by atoms with Gasteiger partial charge in [-0.25, -0.2) is 4.68 Å². The average Bonchev–Trinajstić information content (AvgIpc) is 3.27. The quantitative estimate of drug-likeness (QED) is 0.518. The minimum Gasteiger partial charge on any atom is -0.349 e. The van der Waals surface area contributed by atoms with Gasteiger partial charge in [0.1, 0.15) is 11.6 Å². The minimum atomic E-state index is -0.471. The van der Waals surface area contributed by atoms with E-state index in [4.69, 9.17) is 0 Å². The van der Waals surface area contributed by atoms with E-state index in [0.29, 0.717) is 5.82 Å². The SMILES string of the molecule is CCCn1c(C)cc(/C=C(\C#N)C(=O)Nc2ccn(-c3ccccc3)n2)c1C. The van der Waals surface area contributed by atoms with Gasteiger partial charge >= 0.3 is 0 Å². The third kappa shape index (κ3) is 4.04. The molecule has 1 amide bonds. The second-order valence-electron chi connectivity index (χ2n) is 6.58. The van der Waals surface area contributed by atoms with Crippen molar-refractivity contribution < 1.29 is 4.79 Å². The highest BCUT2D eigenvalue weighted by molar-refractivity contribution is 6.09. The molecular formula is C22H23N5O. The first-order chi connectivity index (χ1) is 13.5. The summed E-state index contributed by atoms with van der Waals surface area (Å²) in [4.78, 5) is 12.6. The minimum absolute atomic E-state index is 0.0472. The normalized spacial score (nSPS) is 11.3. The molecule has 0 spiro atoms. The number of aryl methyl sites for hydroxylation is 1. The fourth-order valence-corrected chi connectivity index (χ4v) is 3.14. The van der Waals surface area contributed by atoms with Crippen LogP contribution in [0.5, 0.6) is 0 Å². The maximum atomic E-state index is 12.6. The van der Waals surface area contributed by atoms with Crippen LogP contribution >= 0.6 is 0 Å². The van der Waals surface area contributed by atoms with Crippen molar-refractivity contribution in [2.75, 3.05) is 5.32 Å². The molecule has 3 rings (SSSR count). The molecule has 0 saturated heterocycles. The zero-order valence-corrected chi connectivity index (χ0v) is 16.3. The predicted molar refractivity (Wildman–Crippen MR) is 110 cm³/mol. The number of hydrogen-bond acceptors (Lipinski definition) is 3. The maximum absolute atomic E-state index is 12.6. The van der Waals surface area contributed by atoms with E-state index in [1.54, 1.807) is 23.0 Å². The van der Waals surface area contributed by atoms with Gasteiger partial charge in [0.15, 0.2) is 5.82 Å². The number of carbonyl (C=O) groups excluding carboxylic acids is 1. The van der Waals surface area contributed by atoms with E-state index in [2.05, 4.69) is 21.9 Å². The Hall–Kier alpha value is -3.59. The first kappa shape index (κ1) is 19.2. The van der Waals surface area contributed by atoms with E-state index in [-0.39, 0.29) is 5.57 Å². The molecule has 1 N–H and O–H groups in total. The van der Waals surface area contributed by atoms with Gasteiger partial charge in [0.05, 0.1) is 5.69 Å². The molecular weight excluding hydrogens is 350 g/mol. The third-order valence-corrected chi connectivity index (χ3v) is 4.58. The second kappa shape index (κ2) is 8.40. The van der Waals surface area contributed by atoms with Crippen LogP contribution in [0.4, 0.5) is 5.82 Å². The lowest BCUT2D eigenvalue weighted by molar-refractivity contribution is -0.112. The van der Waals surface area contributed by atoms with Crippen molar-refractivity contribution in [3.05, 3.63) is 71.2 Å². The van der Waals surface area contributed by atoms with E-state index < -0.39 is 5.91 Å². The standard InChI is InChI=1S/C22H23N5O/c1-4-11-26-16(2)13-18(17(26)3)14-19(15-23)22(28)24-21-10-12-27(25-21)20-8-6-5-7-9-20/h5-10,12-14H,4,11H2,1-3H3,(H,24,25,28)/b19-14+. The van der Waals surface area contributed by atoms with Crippen molar-refractivity contribution >= 4 is 17.8 Å². The Balaban J connectivity index is 1.80. The molecule has 142 valence electrons. The number of amides is 1. The van der Waals surface area contributed by atoms with Gasteiger partial charge < -0.3 is 9.88 Å². The summed E-state index contributed by atoms with van der Waals surface area (Å²) in [5.41, 5.74) is 3.99. The molecule has 0 radical (unpaired) electrons. The summed E-state index contributed by atoms with van der Waals surface area (Å²) >= 11 is 0. The predicted octanol–water partition coefficient (Wildman–Crippen LogP) is 4.25. The van der Waals surface area contributed by atoms with E-state index in [9.17, 15) is 10.1 Å². The summed E-state index contributed by atoms with van der Waals surface area (Å²) in [5.74, 6) is -0.0763. The van der Waals surface area contributed by atoms with Crippen LogP contribution in [0.1, 0.15) is 30.3 Å². The summed E-state index contributed by atoms with van der Waals surface area (Å²) < 4.78 is 3.87. The molecule has 2 heterocycles. The lowest BCUT2D eigenvalue weighted by Gasteiger charge is -2.07. The van der Waals surface area contributed by atoms with Crippen molar-refractivity contribution in [1.29, 1.82) is 5.26 Å². The summed E-state index contributed by atoms with van der Waals surface area (Å²) in [6.07, 6.45) is 4.42. The van der Waals surface area contributed by atoms with Gasteiger partial charge in [-0.15, -0.1) is 0 Å². The Morgan fingerprint density at radius 3 is 2.68 bits per heavy atom. The number of aromatic nitrogens is 3. The van der Waals surface area contributed by atoms with Gasteiger partial charge in [-0.3, -0.25) is 4.79 Å². The Labute approximate surface area is 164 Å². The fraction of sp³-hybridized carbons (Fsp3) is 0.227. The van der Waals surface area contributed by atoms with E-state index in [1.165, 1.54) is 0 Å². The van der Waals surface area contributed by atoms with Crippen LogP contribution in [0.3, 0.4) is 0 Å².